The Labute approximate surface area is 415 Å². The third-order valence-corrected chi connectivity index (χ3v) is 17.0. The molecule has 0 aliphatic heterocycles. The van der Waals surface area contributed by atoms with Crippen LogP contribution in [0.25, 0.3) is 153 Å². The lowest BCUT2D eigenvalue weighted by Gasteiger charge is -2.21. The van der Waals surface area contributed by atoms with Gasteiger partial charge in [0.15, 0.2) is 5.58 Å². The van der Waals surface area contributed by atoms with Crippen LogP contribution in [0.5, 0.6) is 0 Å². The zero-order chi connectivity index (χ0) is 47.1. The summed E-state index contributed by atoms with van der Waals surface area (Å²) < 4.78 is 20.2. The van der Waals surface area contributed by atoms with Gasteiger partial charge in [-0.15, -0.1) is 11.3 Å². The Kier molecular flexibility index (Phi) is 7.37. The van der Waals surface area contributed by atoms with E-state index in [0.29, 0.717) is 0 Å². The quantitative estimate of drug-likeness (QED) is 0.177. The van der Waals surface area contributed by atoms with E-state index in [9.17, 15) is 0 Å². The molecular weight excluding hydrogens is 899 g/mol. The monoisotopic (exact) mass is 937 g/mol. The molecule has 0 N–H and O–H groups in total. The minimum atomic E-state index is -0.113. The SMILES string of the molecule is CC1(C)c2ccccc2-c2cc(-n3c4cc(-c5cccc6c5oc5cc7c8cc9ccccc9cc8n(-c8ccc9ncsc9c8)c7cc56)ccc4c4c5ccccc5c5c6ccccc6oc5c43)ccc21. The fraction of sp³-hybridized carbons (Fsp3) is 0.0455. The molecule has 1 aliphatic rings. The number of para-hydroxylation sites is 2. The number of furan rings is 2. The molecule has 6 heteroatoms. The van der Waals surface area contributed by atoms with Crippen molar-refractivity contribution in [3.8, 4) is 33.6 Å². The number of nitrogens with zero attached hydrogens (tertiary/aromatic N) is 3. The van der Waals surface area contributed by atoms with Crippen LogP contribution in [0.15, 0.2) is 208 Å². The van der Waals surface area contributed by atoms with Crippen molar-refractivity contribution in [2.75, 3.05) is 0 Å². The van der Waals surface area contributed by atoms with Crippen molar-refractivity contribution in [2.45, 2.75) is 19.3 Å². The topological polar surface area (TPSA) is 49.0 Å². The van der Waals surface area contributed by atoms with Crippen molar-refractivity contribution in [3.63, 3.8) is 0 Å². The van der Waals surface area contributed by atoms with Crippen LogP contribution in [0.4, 0.5) is 0 Å². The largest absolute Gasteiger partial charge is 0.455 e. The van der Waals surface area contributed by atoms with Crippen molar-refractivity contribution in [1.82, 2.24) is 14.1 Å². The average molecular weight is 938 g/mol. The second-order valence-electron chi connectivity index (χ2n) is 20.2. The Hall–Kier alpha value is -8.97. The van der Waals surface area contributed by atoms with Gasteiger partial charge in [-0.2, -0.15) is 0 Å². The van der Waals surface area contributed by atoms with Gasteiger partial charge in [0.25, 0.3) is 0 Å². The highest BCUT2D eigenvalue weighted by atomic mass is 32.1. The second-order valence-corrected chi connectivity index (χ2v) is 21.1. The van der Waals surface area contributed by atoms with Gasteiger partial charge in [0, 0.05) is 65.4 Å². The summed E-state index contributed by atoms with van der Waals surface area (Å²) in [5.74, 6) is 0. The molecule has 0 saturated carbocycles. The van der Waals surface area contributed by atoms with Crippen LogP contribution < -0.4 is 0 Å². The van der Waals surface area contributed by atoms with Gasteiger partial charge in [0.2, 0.25) is 0 Å². The predicted molar refractivity (Wildman–Crippen MR) is 301 cm³/mol. The lowest BCUT2D eigenvalue weighted by molar-refractivity contribution is 0.660. The van der Waals surface area contributed by atoms with Gasteiger partial charge in [0.05, 0.1) is 37.8 Å². The summed E-state index contributed by atoms with van der Waals surface area (Å²) in [6.07, 6.45) is 0. The summed E-state index contributed by atoms with van der Waals surface area (Å²) >= 11 is 1.68. The van der Waals surface area contributed by atoms with Crippen LogP contribution in [0.2, 0.25) is 0 Å². The first kappa shape index (κ1) is 38.8. The van der Waals surface area contributed by atoms with Crippen molar-refractivity contribution in [3.05, 3.63) is 211 Å². The Morgan fingerprint density at radius 1 is 0.431 bits per heavy atom. The van der Waals surface area contributed by atoms with Crippen LogP contribution in [0.3, 0.4) is 0 Å². The molecule has 5 heterocycles. The molecule has 0 saturated heterocycles. The van der Waals surface area contributed by atoms with Crippen molar-refractivity contribution in [1.29, 1.82) is 0 Å². The molecule has 1 aliphatic carbocycles. The Morgan fingerprint density at radius 2 is 1.11 bits per heavy atom. The zero-order valence-electron chi connectivity index (χ0n) is 39.1. The van der Waals surface area contributed by atoms with Crippen LogP contribution in [-0.4, -0.2) is 14.1 Å². The van der Waals surface area contributed by atoms with E-state index in [1.807, 2.05) is 5.51 Å². The first-order chi connectivity index (χ1) is 35.4. The maximum Gasteiger partial charge on any atom is 0.160 e. The lowest BCUT2D eigenvalue weighted by atomic mass is 9.82. The molecule has 72 heavy (non-hydrogen) atoms. The molecule has 336 valence electrons. The van der Waals surface area contributed by atoms with Gasteiger partial charge in [-0.3, -0.25) is 0 Å². The van der Waals surface area contributed by atoms with E-state index in [1.54, 1.807) is 11.3 Å². The van der Waals surface area contributed by atoms with Crippen LogP contribution in [0, 0.1) is 0 Å². The number of aromatic nitrogens is 3. The molecule has 5 aromatic heterocycles. The van der Waals surface area contributed by atoms with E-state index >= 15 is 0 Å². The molecule has 0 bridgehead atoms. The van der Waals surface area contributed by atoms with Crippen LogP contribution in [-0.2, 0) is 5.41 Å². The number of hydrogen-bond acceptors (Lipinski definition) is 4. The first-order valence-corrected chi connectivity index (χ1v) is 25.5. The minimum Gasteiger partial charge on any atom is -0.455 e. The molecule has 0 fully saturated rings. The fourth-order valence-electron chi connectivity index (χ4n) is 12.9. The normalized spacial score (nSPS) is 13.5. The van der Waals surface area contributed by atoms with E-state index in [1.165, 1.54) is 64.7 Å². The summed E-state index contributed by atoms with van der Waals surface area (Å²) in [7, 11) is 0. The molecule has 16 aromatic rings. The Bertz CT molecular complexity index is 5090. The van der Waals surface area contributed by atoms with Gasteiger partial charge in [0.1, 0.15) is 16.7 Å². The lowest BCUT2D eigenvalue weighted by Crippen LogP contribution is -2.14. The van der Waals surface area contributed by atoms with Gasteiger partial charge in [-0.25, -0.2) is 4.98 Å². The van der Waals surface area contributed by atoms with Gasteiger partial charge >= 0.3 is 0 Å². The summed E-state index contributed by atoms with van der Waals surface area (Å²) in [4.78, 5) is 4.60. The zero-order valence-corrected chi connectivity index (χ0v) is 39.9. The highest BCUT2D eigenvalue weighted by molar-refractivity contribution is 7.16. The van der Waals surface area contributed by atoms with Crippen molar-refractivity contribution in [2.24, 2.45) is 0 Å². The minimum absolute atomic E-state index is 0.113. The Morgan fingerprint density at radius 3 is 2.01 bits per heavy atom. The van der Waals surface area contributed by atoms with Crippen LogP contribution >= 0.6 is 11.3 Å². The predicted octanol–water partition coefficient (Wildman–Crippen LogP) is 18.6. The fourth-order valence-corrected chi connectivity index (χ4v) is 13.6. The van der Waals surface area contributed by atoms with E-state index in [0.717, 1.165) is 99.3 Å². The standard InChI is InChI=1S/C66H39N3O2S/c1-66(2)52-20-9-7-14-42(52)48-31-39(23-26-53(48)66)69-55-30-38(22-25-46(55)61-43-15-5-6-16-44(43)62-47-17-8-10-21-58(47)70-65(62)63(61)69)41-18-11-19-45-51-33-57-50(34-59(51)71-64(41)45)49-28-36-12-3-4-13-37(36)29-56(49)68(57)40-24-27-54-60(32-40)72-35-67-54/h3-35H,1-2H3. The summed E-state index contributed by atoms with van der Waals surface area (Å²) in [5.41, 5.74) is 20.4. The molecule has 0 radical (unpaired) electrons. The molecule has 0 atom stereocenters. The van der Waals surface area contributed by atoms with E-state index < -0.39 is 0 Å². The van der Waals surface area contributed by atoms with E-state index in [4.69, 9.17) is 8.83 Å². The first-order valence-electron chi connectivity index (χ1n) is 24.7. The number of benzene rings is 11. The highest BCUT2D eigenvalue weighted by Crippen LogP contribution is 2.52. The maximum absolute atomic E-state index is 7.15. The average Bonchev–Trinajstić information content (AvgIpc) is 4.28. The van der Waals surface area contributed by atoms with Gasteiger partial charge < -0.3 is 18.0 Å². The summed E-state index contributed by atoms with van der Waals surface area (Å²) in [6, 6.07) is 71.5. The number of rotatable bonds is 3. The summed E-state index contributed by atoms with van der Waals surface area (Å²) in [5, 5.41) is 14.0. The number of thiazole rings is 1. The van der Waals surface area contributed by atoms with Gasteiger partial charge in [-0.05, 0) is 116 Å². The highest BCUT2D eigenvalue weighted by Gasteiger charge is 2.36. The smallest absolute Gasteiger partial charge is 0.160 e. The van der Waals surface area contributed by atoms with Crippen molar-refractivity contribution >= 4 is 131 Å². The second kappa shape index (κ2) is 13.7. The van der Waals surface area contributed by atoms with Crippen LogP contribution in [0.1, 0.15) is 25.0 Å². The Balaban J connectivity index is 0.945. The number of hydrogen-bond donors (Lipinski definition) is 0. The maximum atomic E-state index is 7.15. The summed E-state index contributed by atoms with van der Waals surface area (Å²) in [6.45, 7) is 4.70. The molecule has 0 amide bonds. The number of fused-ring (bicyclic) bond motifs is 21. The molecule has 5 nitrogen and oxygen atoms in total. The molecule has 0 unspecified atom stereocenters. The molecular formula is C66H39N3O2S. The third-order valence-electron chi connectivity index (χ3n) is 16.2. The molecule has 0 spiro atoms. The third kappa shape index (κ3) is 4.99. The molecule has 11 aromatic carbocycles. The van der Waals surface area contributed by atoms with Gasteiger partial charge in [-0.1, -0.05) is 141 Å². The van der Waals surface area contributed by atoms with Crippen molar-refractivity contribution < 1.29 is 8.83 Å². The van der Waals surface area contributed by atoms with E-state index in [-0.39, 0.29) is 5.41 Å². The molecule has 17 rings (SSSR count). The van der Waals surface area contributed by atoms with E-state index in [2.05, 4.69) is 222 Å².